The van der Waals surface area contributed by atoms with Crippen LogP contribution in [0.5, 0.6) is 0 Å². The molecule has 0 spiro atoms. The van der Waals surface area contributed by atoms with Crippen molar-refractivity contribution in [3.05, 3.63) is 0 Å². The van der Waals surface area contributed by atoms with Gasteiger partial charge in [-0.1, -0.05) is 0 Å². The first-order valence-electron chi connectivity index (χ1n) is 5.77. The standard InChI is InChI=1S/C11H17N3O4/c1-4-18-11(17)7(2)12-10(16)8-5-6-9(15)14(3)13-8/h7H,4-6H2,1-3H3,(H,12,16). The van der Waals surface area contributed by atoms with Crippen LogP contribution < -0.4 is 5.32 Å². The Morgan fingerprint density at radius 1 is 1.50 bits per heavy atom. The Morgan fingerprint density at radius 2 is 2.17 bits per heavy atom. The van der Waals surface area contributed by atoms with E-state index in [1.807, 2.05) is 0 Å². The van der Waals surface area contributed by atoms with Crippen LogP contribution in [0.4, 0.5) is 0 Å². The maximum Gasteiger partial charge on any atom is 0.328 e. The van der Waals surface area contributed by atoms with Crippen molar-refractivity contribution in [3.8, 4) is 0 Å². The van der Waals surface area contributed by atoms with E-state index in [4.69, 9.17) is 4.74 Å². The third-order valence-electron chi connectivity index (χ3n) is 2.46. The molecule has 1 atom stereocenters. The molecule has 7 heteroatoms. The van der Waals surface area contributed by atoms with E-state index in [2.05, 4.69) is 10.4 Å². The molecule has 1 aliphatic rings. The Hall–Kier alpha value is -1.92. The summed E-state index contributed by atoms with van der Waals surface area (Å²) in [6.45, 7) is 3.49. The lowest BCUT2D eigenvalue weighted by atomic mass is 10.1. The van der Waals surface area contributed by atoms with Crippen LogP contribution in [0.3, 0.4) is 0 Å². The molecule has 100 valence electrons. The van der Waals surface area contributed by atoms with E-state index < -0.39 is 17.9 Å². The molecule has 7 nitrogen and oxygen atoms in total. The molecular weight excluding hydrogens is 238 g/mol. The third kappa shape index (κ3) is 3.54. The zero-order valence-corrected chi connectivity index (χ0v) is 10.7. The summed E-state index contributed by atoms with van der Waals surface area (Å²) in [4.78, 5) is 34.3. The summed E-state index contributed by atoms with van der Waals surface area (Å²) in [7, 11) is 1.49. The summed E-state index contributed by atoms with van der Waals surface area (Å²) in [5.41, 5.74) is 0.244. The van der Waals surface area contributed by atoms with Gasteiger partial charge in [-0.3, -0.25) is 9.59 Å². The predicted molar refractivity (Wildman–Crippen MR) is 63.7 cm³/mol. The number of nitrogens with one attached hydrogen (secondary N) is 1. The second-order valence-corrected chi connectivity index (χ2v) is 3.91. The highest BCUT2D eigenvalue weighted by atomic mass is 16.5. The van der Waals surface area contributed by atoms with E-state index in [0.29, 0.717) is 0 Å². The summed E-state index contributed by atoms with van der Waals surface area (Å²) in [6, 6.07) is -0.733. The number of carbonyl (C=O) groups is 3. The molecule has 2 amide bonds. The quantitative estimate of drug-likeness (QED) is 0.696. The molecule has 0 aliphatic carbocycles. The van der Waals surface area contributed by atoms with Gasteiger partial charge in [-0.2, -0.15) is 5.10 Å². The second-order valence-electron chi connectivity index (χ2n) is 3.91. The summed E-state index contributed by atoms with van der Waals surface area (Å²) in [6.07, 6.45) is 0.529. The zero-order chi connectivity index (χ0) is 13.7. The number of amides is 2. The Labute approximate surface area is 105 Å². The van der Waals surface area contributed by atoms with Gasteiger partial charge in [0.25, 0.3) is 5.91 Å². The van der Waals surface area contributed by atoms with Gasteiger partial charge in [0.1, 0.15) is 11.8 Å². The van der Waals surface area contributed by atoms with Crippen LogP contribution in [0.25, 0.3) is 0 Å². The molecular formula is C11H17N3O4. The lowest BCUT2D eigenvalue weighted by Crippen LogP contribution is -2.44. The van der Waals surface area contributed by atoms with Gasteiger partial charge < -0.3 is 10.1 Å². The van der Waals surface area contributed by atoms with Gasteiger partial charge in [-0.25, -0.2) is 9.80 Å². The van der Waals surface area contributed by atoms with Crippen molar-refractivity contribution < 1.29 is 19.1 Å². The highest BCUT2D eigenvalue weighted by Gasteiger charge is 2.24. The number of nitrogens with zero attached hydrogens (tertiary/aromatic N) is 2. The average molecular weight is 255 g/mol. The van der Waals surface area contributed by atoms with E-state index in [9.17, 15) is 14.4 Å². The molecule has 1 unspecified atom stereocenters. The molecule has 18 heavy (non-hydrogen) atoms. The summed E-state index contributed by atoms with van der Waals surface area (Å²) >= 11 is 0. The molecule has 0 fully saturated rings. The Bertz CT molecular complexity index is 392. The number of hydrogen-bond acceptors (Lipinski definition) is 5. The fourth-order valence-electron chi connectivity index (χ4n) is 1.44. The topological polar surface area (TPSA) is 88.1 Å². The van der Waals surface area contributed by atoms with Crippen molar-refractivity contribution in [1.29, 1.82) is 0 Å². The molecule has 0 aromatic carbocycles. The Kier molecular flexibility index (Phi) is 4.82. The van der Waals surface area contributed by atoms with Crippen LogP contribution >= 0.6 is 0 Å². The molecule has 0 saturated carbocycles. The lowest BCUT2D eigenvalue weighted by molar-refractivity contribution is -0.146. The van der Waals surface area contributed by atoms with E-state index in [-0.39, 0.29) is 31.1 Å². The van der Waals surface area contributed by atoms with Crippen molar-refractivity contribution in [2.24, 2.45) is 5.10 Å². The van der Waals surface area contributed by atoms with Crippen molar-refractivity contribution in [2.45, 2.75) is 32.7 Å². The Morgan fingerprint density at radius 3 is 2.72 bits per heavy atom. The highest BCUT2D eigenvalue weighted by Crippen LogP contribution is 2.07. The molecule has 0 saturated heterocycles. The van der Waals surface area contributed by atoms with Crippen LogP contribution in [0.1, 0.15) is 26.7 Å². The van der Waals surface area contributed by atoms with Crippen LogP contribution in [0, 0.1) is 0 Å². The van der Waals surface area contributed by atoms with Crippen molar-refractivity contribution in [3.63, 3.8) is 0 Å². The maximum absolute atomic E-state index is 11.8. The van der Waals surface area contributed by atoms with Gasteiger partial charge in [0.15, 0.2) is 0 Å². The van der Waals surface area contributed by atoms with E-state index in [1.54, 1.807) is 6.92 Å². The van der Waals surface area contributed by atoms with E-state index in [0.717, 1.165) is 5.01 Å². The predicted octanol–water partition coefficient (Wildman–Crippen LogP) is -0.338. The van der Waals surface area contributed by atoms with Crippen molar-refractivity contribution in [2.75, 3.05) is 13.7 Å². The van der Waals surface area contributed by atoms with Gasteiger partial charge in [0.05, 0.1) is 6.61 Å². The molecule has 1 heterocycles. The number of ether oxygens (including phenoxy) is 1. The minimum Gasteiger partial charge on any atom is -0.464 e. The van der Waals surface area contributed by atoms with Gasteiger partial charge in [0, 0.05) is 19.9 Å². The molecule has 0 bridgehead atoms. The van der Waals surface area contributed by atoms with E-state index in [1.165, 1.54) is 14.0 Å². The Balaban J connectivity index is 2.58. The fraction of sp³-hybridized carbons (Fsp3) is 0.636. The minimum absolute atomic E-state index is 0.134. The highest BCUT2D eigenvalue weighted by molar-refractivity contribution is 6.39. The first-order chi connectivity index (χ1) is 8.45. The smallest absolute Gasteiger partial charge is 0.328 e. The van der Waals surface area contributed by atoms with Gasteiger partial charge in [0.2, 0.25) is 5.91 Å². The third-order valence-corrected chi connectivity index (χ3v) is 2.46. The van der Waals surface area contributed by atoms with Gasteiger partial charge in [-0.15, -0.1) is 0 Å². The number of hydrazone groups is 1. The number of esters is 1. The summed E-state index contributed by atoms with van der Waals surface area (Å²) in [5.74, 6) is -1.08. The van der Waals surface area contributed by atoms with E-state index >= 15 is 0 Å². The normalized spacial score (nSPS) is 16.9. The molecule has 0 aromatic heterocycles. The lowest BCUT2D eigenvalue weighted by Gasteiger charge is -2.20. The minimum atomic E-state index is -0.733. The molecule has 1 aliphatic heterocycles. The molecule has 0 radical (unpaired) electrons. The van der Waals surface area contributed by atoms with Crippen LogP contribution in [-0.2, 0) is 19.1 Å². The molecule has 1 N–H and O–H groups in total. The van der Waals surface area contributed by atoms with Crippen molar-refractivity contribution >= 4 is 23.5 Å². The summed E-state index contributed by atoms with van der Waals surface area (Å²) < 4.78 is 4.77. The van der Waals surface area contributed by atoms with Crippen LogP contribution in [-0.4, -0.2) is 48.2 Å². The average Bonchev–Trinajstić information content (AvgIpc) is 2.32. The molecule has 1 rings (SSSR count). The maximum atomic E-state index is 11.8. The van der Waals surface area contributed by atoms with Gasteiger partial charge in [-0.05, 0) is 13.8 Å². The number of carbonyl (C=O) groups excluding carboxylic acids is 3. The first-order valence-corrected chi connectivity index (χ1v) is 5.77. The van der Waals surface area contributed by atoms with Crippen LogP contribution in [0.15, 0.2) is 5.10 Å². The first kappa shape index (κ1) is 14.1. The fourth-order valence-corrected chi connectivity index (χ4v) is 1.44. The SMILES string of the molecule is CCOC(=O)C(C)NC(=O)C1=NN(C)C(=O)CC1. The van der Waals surface area contributed by atoms with Gasteiger partial charge >= 0.3 is 5.97 Å². The van der Waals surface area contributed by atoms with Crippen molar-refractivity contribution in [1.82, 2.24) is 10.3 Å². The number of rotatable bonds is 4. The summed E-state index contributed by atoms with van der Waals surface area (Å²) in [5, 5.41) is 7.48. The number of hydrogen-bond donors (Lipinski definition) is 1. The largest absolute Gasteiger partial charge is 0.464 e. The zero-order valence-electron chi connectivity index (χ0n) is 10.7. The van der Waals surface area contributed by atoms with Crippen LogP contribution in [0.2, 0.25) is 0 Å². The monoisotopic (exact) mass is 255 g/mol. The second kappa shape index (κ2) is 6.13. The molecule has 0 aromatic rings.